The number of rotatable bonds is 15. The predicted molar refractivity (Wildman–Crippen MR) is 210 cm³/mol. The second-order valence-electron chi connectivity index (χ2n) is 18.0. The number of sulfonamides is 1. The Balaban J connectivity index is 1.38. The number of benzene rings is 1. The molecule has 2 aliphatic carbocycles. The Morgan fingerprint density at radius 3 is 2.29 bits per heavy atom. The second kappa shape index (κ2) is 16.4. The largest absolute Gasteiger partial charge is 0.346 e. The quantitative estimate of drug-likeness (QED) is 0.152. The zero-order valence-corrected chi connectivity index (χ0v) is 34.5. The molecule has 5 rings (SSSR count). The molecule has 6 atom stereocenters. The minimum atomic E-state index is -3.75. The van der Waals surface area contributed by atoms with Crippen LogP contribution in [-0.4, -0.2) is 91.0 Å². The third-order valence-electron chi connectivity index (χ3n) is 12.8. The number of piperidine rings is 1. The van der Waals surface area contributed by atoms with E-state index in [-0.39, 0.29) is 54.1 Å². The van der Waals surface area contributed by atoms with E-state index >= 15 is 0 Å². The van der Waals surface area contributed by atoms with Gasteiger partial charge in [-0.3, -0.25) is 19.2 Å². The minimum Gasteiger partial charge on any atom is -0.346 e. The Hall–Kier alpha value is -3.78. The molecule has 1 aromatic rings. The van der Waals surface area contributed by atoms with E-state index in [1.165, 1.54) is 10.4 Å². The summed E-state index contributed by atoms with van der Waals surface area (Å²) >= 11 is 0. The number of hydrogen-bond acceptors (Lipinski definition) is 7. The van der Waals surface area contributed by atoms with Gasteiger partial charge in [0.15, 0.2) is 0 Å². The van der Waals surface area contributed by atoms with Crippen LogP contribution in [0.2, 0.25) is 0 Å². The van der Waals surface area contributed by atoms with Crippen LogP contribution in [0, 0.1) is 28.1 Å². The van der Waals surface area contributed by atoms with Crippen LogP contribution in [-0.2, 0) is 35.7 Å². The molecule has 2 heterocycles. The first kappa shape index (κ1) is 42.4. The number of fused-ring (bicyclic) bond motifs is 2. The molecule has 2 saturated carbocycles. The third-order valence-corrected chi connectivity index (χ3v) is 14.7. The van der Waals surface area contributed by atoms with Crippen molar-refractivity contribution < 1.29 is 32.4 Å². The van der Waals surface area contributed by atoms with E-state index in [9.17, 15) is 32.4 Å². The van der Waals surface area contributed by atoms with Gasteiger partial charge in [0.2, 0.25) is 27.6 Å². The monoisotopic (exact) mass is 782 g/mol. The first-order valence-corrected chi connectivity index (χ1v) is 21.4. The van der Waals surface area contributed by atoms with Gasteiger partial charge in [0.05, 0.1) is 10.9 Å². The zero-order chi connectivity index (χ0) is 40.5. The summed E-state index contributed by atoms with van der Waals surface area (Å²) in [6, 6.07) is 2.81. The third kappa shape index (κ3) is 8.80. The van der Waals surface area contributed by atoms with Gasteiger partial charge in [0.1, 0.15) is 12.1 Å². The van der Waals surface area contributed by atoms with E-state index in [0.29, 0.717) is 31.4 Å². The maximum atomic E-state index is 14.9. The van der Waals surface area contributed by atoms with Gasteiger partial charge in [-0.05, 0) is 59.0 Å². The molecule has 4 unspecified atom stereocenters. The Morgan fingerprint density at radius 1 is 1.00 bits per heavy atom. The molecule has 3 fully saturated rings. The lowest BCUT2D eigenvalue weighted by Gasteiger charge is -2.43. The highest BCUT2D eigenvalue weighted by Gasteiger charge is 2.70. The molecule has 13 nitrogen and oxygen atoms in total. The number of amides is 5. The van der Waals surface area contributed by atoms with Gasteiger partial charge in [-0.1, -0.05) is 105 Å². The number of likely N-dealkylation sites (tertiary alicyclic amines) is 1. The maximum Gasteiger partial charge on any atom is 0.315 e. The highest BCUT2D eigenvalue weighted by Crippen LogP contribution is 2.65. The standard InChI is InChI=1S/C41H62N6O7S/c1-9-11-18-28(33(48)36(50)42-22-10-2)43-35(49)32-31-27(40(31,6)7)24-47(32)37(51)34(41(8)20-15-12-16-21-41)45-38(52)44-30(39(3,4)5)25-46-23-26-17-13-14-19-29(26)55(46,53)54/h10,13-14,17,19,27-28,30-32,34H,2,9,11-12,15-16,18,20-25H2,1,3-8H3,(H,42,50)(H,43,49)(H2,44,45,52)/t27-,28?,30?,31-,32?,34?/m1/s1. The fourth-order valence-corrected chi connectivity index (χ4v) is 10.7. The van der Waals surface area contributed by atoms with Crippen LogP contribution in [0.5, 0.6) is 0 Å². The maximum absolute atomic E-state index is 14.9. The Bertz CT molecular complexity index is 1770. The molecule has 0 aromatic heterocycles. The Kier molecular flexibility index (Phi) is 12.6. The van der Waals surface area contributed by atoms with Crippen molar-refractivity contribution in [3.63, 3.8) is 0 Å². The van der Waals surface area contributed by atoms with Crippen LogP contribution >= 0.6 is 0 Å². The summed E-state index contributed by atoms with van der Waals surface area (Å²) in [5, 5.41) is 11.5. The fourth-order valence-electron chi connectivity index (χ4n) is 9.04. The molecule has 5 amide bonds. The Labute approximate surface area is 327 Å². The molecule has 0 spiro atoms. The normalized spacial score (nSPS) is 25.0. The summed E-state index contributed by atoms with van der Waals surface area (Å²) in [5.41, 5.74) is -0.656. The van der Waals surface area contributed by atoms with E-state index in [1.807, 2.05) is 34.6 Å². The lowest BCUT2D eigenvalue weighted by Crippen LogP contribution is -2.63. The topological polar surface area (TPSA) is 174 Å². The highest BCUT2D eigenvalue weighted by atomic mass is 32.2. The van der Waals surface area contributed by atoms with Gasteiger partial charge in [-0.25, -0.2) is 13.2 Å². The number of nitrogens with zero attached hydrogens (tertiary/aromatic N) is 2. The summed E-state index contributed by atoms with van der Waals surface area (Å²) in [4.78, 5) is 71.1. The van der Waals surface area contributed by atoms with E-state index in [1.54, 1.807) is 29.2 Å². The smallest absolute Gasteiger partial charge is 0.315 e. The highest BCUT2D eigenvalue weighted by molar-refractivity contribution is 7.89. The van der Waals surface area contributed by atoms with Crippen LogP contribution in [0.3, 0.4) is 0 Å². The van der Waals surface area contributed by atoms with Crippen molar-refractivity contribution in [1.29, 1.82) is 0 Å². The van der Waals surface area contributed by atoms with Crippen molar-refractivity contribution in [1.82, 2.24) is 30.5 Å². The number of ketones is 1. The van der Waals surface area contributed by atoms with Crippen molar-refractivity contribution in [3.8, 4) is 0 Å². The van der Waals surface area contributed by atoms with Crippen molar-refractivity contribution in [2.24, 2.45) is 28.1 Å². The van der Waals surface area contributed by atoms with Crippen LogP contribution in [0.4, 0.5) is 4.79 Å². The van der Waals surface area contributed by atoms with E-state index in [4.69, 9.17) is 0 Å². The summed E-state index contributed by atoms with van der Waals surface area (Å²) < 4.78 is 28.3. The van der Waals surface area contributed by atoms with Crippen LogP contribution < -0.4 is 21.3 Å². The number of carbonyl (C=O) groups is 5. The molecule has 1 saturated heterocycles. The van der Waals surface area contributed by atoms with Crippen molar-refractivity contribution in [2.75, 3.05) is 19.6 Å². The first-order valence-electron chi connectivity index (χ1n) is 20.0. The van der Waals surface area contributed by atoms with Crippen molar-refractivity contribution in [3.05, 3.63) is 42.5 Å². The molecule has 14 heteroatoms. The van der Waals surface area contributed by atoms with E-state index < -0.39 is 68.6 Å². The molecular formula is C41H62N6O7S. The van der Waals surface area contributed by atoms with Crippen molar-refractivity contribution >= 4 is 39.6 Å². The number of unbranched alkanes of at least 4 members (excludes halogenated alkanes) is 1. The molecule has 2 aliphatic heterocycles. The lowest BCUT2D eigenvalue weighted by atomic mass is 9.70. The van der Waals surface area contributed by atoms with Gasteiger partial charge in [0.25, 0.3) is 5.91 Å². The van der Waals surface area contributed by atoms with Crippen LogP contribution in [0.1, 0.15) is 105 Å². The molecule has 4 N–H and O–H groups in total. The second-order valence-corrected chi connectivity index (χ2v) is 20.0. The molecule has 4 aliphatic rings. The van der Waals surface area contributed by atoms with E-state index in [2.05, 4.69) is 41.7 Å². The molecular weight excluding hydrogens is 721 g/mol. The number of urea groups is 1. The van der Waals surface area contributed by atoms with Crippen LogP contribution in [0.15, 0.2) is 41.8 Å². The number of nitrogens with one attached hydrogen (secondary N) is 4. The minimum absolute atomic E-state index is 0.0418. The summed E-state index contributed by atoms with van der Waals surface area (Å²) in [6.45, 7) is 18.2. The number of hydrogen-bond donors (Lipinski definition) is 4. The number of carbonyl (C=O) groups excluding carboxylic acids is 5. The van der Waals surface area contributed by atoms with Gasteiger partial charge in [0, 0.05) is 32.2 Å². The van der Waals surface area contributed by atoms with Gasteiger partial charge < -0.3 is 26.2 Å². The number of Topliss-reactive ketones (excluding diaryl/α,β-unsaturated/α-hetero) is 1. The fraction of sp³-hybridized carbons (Fsp3) is 0.683. The van der Waals surface area contributed by atoms with Gasteiger partial charge >= 0.3 is 6.03 Å². The first-order chi connectivity index (χ1) is 25.8. The molecule has 55 heavy (non-hydrogen) atoms. The summed E-state index contributed by atoms with van der Waals surface area (Å²) in [5.74, 6) is -2.47. The molecule has 0 radical (unpaired) electrons. The molecule has 0 bridgehead atoms. The Morgan fingerprint density at radius 2 is 1.67 bits per heavy atom. The summed E-state index contributed by atoms with van der Waals surface area (Å²) in [6.07, 6.45) is 7.32. The van der Waals surface area contributed by atoms with E-state index in [0.717, 1.165) is 25.7 Å². The summed E-state index contributed by atoms with van der Waals surface area (Å²) in [7, 11) is -3.75. The SMILES string of the molecule is C=CCNC(=O)C(=O)C(CCCC)NC(=O)C1[C@H]2[C@@H](CN1C(=O)C(NC(=O)NC(CN1Cc3ccccc3S1(=O)=O)C(C)(C)C)C1(C)CCCCC1)C2(C)C. The molecule has 304 valence electrons. The zero-order valence-electron chi connectivity index (χ0n) is 33.7. The average Bonchev–Trinajstić information content (AvgIpc) is 3.38. The van der Waals surface area contributed by atoms with Crippen molar-refractivity contribution in [2.45, 2.75) is 135 Å². The molecule has 1 aromatic carbocycles. The van der Waals surface area contributed by atoms with Gasteiger partial charge in [-0.2, -0.15) is 4.31 Å². The lowest BCUT2D eigenvalue weighted by molar-refractivity contribution is -0.146. The average molecular weight is 783 g/mol. The predicted octanol–water partition coefficient (Wildman–Crippen LogP) is 4.27. The van der Waals surface area contributed by atoms with Crippen LogP contribution in [0.25, 0.3) is 0 Å². The van der Waals surface area contributed by atoms with Gasteiger partial charge in [-0.15, -0.1) is 6.58 Å².